The van der Waals surface area contributed by atoms with Crippen LogP contribution in [0.15, 0.2) is 42.9 Å². The average Bonchev–Trinajstić information content (AvgIpc) is 3.19. The number of likely N-dealkylation sites (tertiary alicyclic amines) is 1. The maximum absolute atomic E-state index is 12.2. The third-order valence-electron chi connectivity index (χ3n) is 4.57. The first kappa shape index (κ1) is 18.8. The van der Waals surface area contributed by atoms with Gasteiger partial charge < -0.3 is 15.3 Å². The van der Waals surface area contributed by atoms with Crippen molar-refractivity contribution in [2.75, 3.05) is 25.5 Å². The van der Waals surface area contributed by atoms with Crippen LogP contribution in [0.2, 0.25) is 0 Å². The zero-order valence-corrected chi connectivity index (χ0v) is 15.2. The summed E-state index contributed by atoms with van der Waals surface area (Å²) in [5.41, 5.74) is 1.98. The van der Waals surface area contributed by atoms with Gasteiger partial charge in [0, 0.05) is 43.9 Å². The van der Waals surface area contributed by atoms with E-state index in [9.17, 15) is 14.7 Å². The molecule has 1 atom stereocenters. The van der Waals surface area contributed by atoms with E-state index in [4.69, 9.17) is 0 Å². The Morgan fingerprint density at radius 1 is 1.22 bits per heavy atom. The summed E-state index contributed by atoms with van der Waals surface area (Å²) in [5, 5.41) is 12.5. The zero-order valence-electron chi connectivity index (χ0n) is 15.2. The minimum atomic E-state index is -0.949. The van der Waals surface area contributed by atoms with E-state index in [0.717, 1.165) is 25.9 Å². The second-order valence-electron chi connectivity index (χ2n) is 6.60. The van der Waals surface area contributed by atoms with Crippen molar-refractivity contribution in [1.29, 1.82) is 0 Å². The first-order valence-electron chi connectivity index (χ1n) is 8.88. The highest BCUT2D eigenvalue weighted by molar-refractivity contribution is 5.89. The van der Waals surface area contributed by atoms with Crippen LogP contribution >= 0.6 is 0 Å². The number of benzene rings is 1. The smallest absolute Gasteiger partial charge is 0.325 e. The summed E-state index contributed by atoms with van der Waals surface area (Å²) in [6.45, 7) is 1.91. The topological polar surface area (TPSA) is 98.7 Å². The number of urea groups is 1. The maximum atomic E-state index is 12.2. The van der Waals surface area contributed by atoms with Crippen molar-refractivity contribution in [2.45, 2.75) is 25.4 Å². The van der Waals surface area contributed by atoms with Crippen LogP contribution in [0.1, 0.15) is 30.1 Å². The van der Waals surface area contributed by atoms with Gasteiger partial charge in [0.15, 0.2) is 0 Å². The lowest BCUT2D eigenvalue weighted by atomic mass is 10.1. The van der Waals surface area contributed by atoms with E-state index in [1.165, 1.54) is 0 Å². The average molecular weight is 369 g/mol. The van der Waals surface area contributed by atoms with Crippen molar-refractivity contribution in [3.63, 3.8) is 0 Å². The van der Waals surface area contributed by atoms with E-state index < -0.39 is 12.0 Å². The molecule has 0 unspecified atom stereocenters. The number of likely N-dealkylation sites (N-methyl/N-ethyl adjacent to an activating group) is 1. The number of aliphatic carboxylic acids is 1. The third kappa shape index (κ3) is 4.79. The van der Waals surface area contributed by atoms with Crippen molar-refractivity contribution in [1.82, 2.24) is 19.8 Å². The Morgan fingerprint density at radius 3 is 2.52 bits per heavy atom. The Kier molecular flexibility index (Phi) is 5.97. The monoisotopic (exact) mass is 369 g/mol. The van der Waals surface area contributed by atoms with Gasteiger partial charge in [0.2, 0.25) is 0 Å². The molecule has 1 fully saturated rings. The summed E-state index contributed by atoms with van der Waals surface area (Å²) >= 11 is 0. The van der Waals surface area contributed by atoms with Crippen molar-refractivity contribution >= 4 is 17.7 Å². The number of carbonyl (C=O) groups excluding carboxylic acids is 1. The first-order valence-corrected chi connectivity index (χ1v) is 8.88. The highest BCUT2D eigenvalue weighted by Crippen LogP contribution is 2.23. The Hall–Kier alpha value is -3.00. The van der Waals surface area contributed by atoms with Crippen LogP contribution in [0.4, 0.5) is 10.5 Å². The predicted octanol–water partition coefficient (Wildman–Crippen LogP) is 2.36. The molecule has 2 amide bonds. The van der Waals surface area contributed by atoms with Gasteiger partial charge in [-0.3, -0.25) is 19.7 Å². The minimum Gasteiger partial charge on any atom is -0.480 e. The SMILES string of the molecule is CN(Cc1cnccn1)[C@H](C(=O)O)c1ccc(NC(=O)N2CCCC2)cc1. The molecule has 3 rings (SSSR count). The number of amides is 2. The molecule has 0 bridgehead atoms. The lowest BCUT2D eigenvalue weighted by Gasteiger charge is -2.24. The van der Waals surface area contributed by atoms with Gasteiger partial charge in [0.25, 0.3) is 0 Å². The molecule has 8 heteroatoms. The molecule has 1 aromatic heterocycles. The Bertz CT molecular complexity index is 776. The molecular formula is C19H23N5O3. The van der Waals surface area contributed by atoms with Crippen LogP contribution in [0, 0.1) is 0 Å². The number of nitrogens with zero attached hydrogens (tertiary/aromatic N) is 4. The van der Waals surface area contributed by atoms with Crippen molar-refractivity contribution in [2.24, 2.45) is 0 Å². The van der Waals surface area contributed by atoms with Crippen LogP contribution in [0.3, 0.4) is 0 Å². The van der Waals surface area contributed by atoms with E-state index in [2.05, 4.69) is 15.3 Å². The number of carboxylic acids is 1. The largest absolute Gasteiger partial charge is 0.480 e. The summed E-state index contributed by atoms with van der Waals surface area (Å²) in [6, 6.07) is 5.98. The summed E-state index contributed by atoms with van der Waals surface area (Å²) in [6.07, 6.45) is 6.84. The maximum Gasteiger partial charge on any atom is 0.325 e. The standard InChI is InChI=1S/C19H23N5O3/c1-23(13-16-12-20-8-9-21-16)17(18(25)26)14-4-6-15(7-5-14)22-19(27)24-10-2-3-11-24/h4-9,12,17H,2-3,10-11,13H2,1H3,(H,22,27)(H,25,26)/t17-/m0/s1. The number of rotatable bonds is 6. The van der Waals surface area contributed by atoms with Crippen LogP contribution in [0.25, 0.3) is 0 Å². The first-order chi connectivity index (χ1) is 13.0. The second kappa shape index (κ2) is 8.59. The van der Waals surface area contributed by atoms with Gasteiger partial charge >= 0.3 is 12.0 Å². The van der Waals surface area contributed by atoms with Gasteiger partial charge in [-0.2, -0.15) is 0 Å². The van der Waals surface area contributed by atoms with Crippen LogP contribution in [0.5, 0.6) is 0 Å². The van der Waals surface area contributed by atoms with E-state index in [1.54, 1.807) is 59.7 Å². The number of anilines is 1. The molecule has 1 aliphatic heterocycles. The Morgan fingerprint density at radius 2 is 1.93 bits per heavy atom. The van der Waals surface area contributed by atoms with Crippen LogP contribution in [-0.4, -0.2) is 57.0 Å². The number of carboxylic acid groups (broad SMARTS) is 1. The van der Waals surface area contributed by atoms with E-state index in [-0.39, 0.29) is 6.03 Å². The molecule has 0 spiro atoms. The molecule has 0 aliphatic carbocycles. The quantitative estimate of drug-likeness (QED) is 0.811. The Labute approximate surface area is 157 Å². The predicted molar refractivity (Wildman–Crippen MR) is 100 cm³/mol. The zero-order chi connectivity index (χ0) is 19.2. The summed E-state index contributed by atoms with van der Waals surface area (Å²) in [4.78, 5) is 35.6. The molecule has 8 nitrogen and oxygen atoms in total. The summed E-state index contributed by atoms with van der Waals surface area (Å²) < 4.78 is 0. The van der Waals surface area contributed by atoms with Crippen LogP contribution in [-0.2, 0) is 11.3 Å². The molecular weight excluding hydrogens is 346 g/mol. The molecule has 2 N–H and O–H groups in total. The normalized spacial score (nSPS) is 15.0. The van der Waals surface area contributed by atoms with E-state index in [0.29, 0.717) is 23.5 Å². The number of aromatic nitrogens is 2. The lowest BCUT2D eigenvalue weighted by Crippen LogP contribution is -2.32. The summed E-state index contributed by atoms with van der Waals surface area (Å²) in [7, 11) is 1.73. The van der Waals surface area contributed by atoms with Gasteiger partial charge in [-0.15, -0.1) is 0 Å². The fourth-order valence-corrected chi connectivity index (χ4v) is 3.22. The number of nitrogens with one attached hydrogen (secondary N) is 1. The molecule has 1 saturated heterocycles. The summed E-state index contributed by atoms with van der Waals surface area (Å²) in [5.74, 6) is -0.949. The van der Waals surface area contributed by atoms with Gasteiger partial charge in [-0.05, 0) is 37.6 Å². The molecule has 0 radical (unpaired) electrons. The highest BCUT2D eigenvalue weighted by Gasteiger charge is 2.25. The van der Waals surface area contributed by atoms with Gasteiger partial charge in [-0.1, -0.05) is 12.1 Å². The number of hydrogen-bond donors (Lipinski definition) is 2. The Balaban J connectivity index is 1.68. The molecule has 27 heavy (non-hydrogen) atoms. The molecule has 142 valence electrons. The molecule has 0 saturated carbocycles. The van der Waals surface area contributed by atoms with Gasteiger partial charge in [0.1, 0.15) is 6.04 Å². The minimum absolute atomic E-state index is 0.116. The lowest BCUT2D eigenvalue weighted by molar-refractivity contribution is -0.143. The third-order valence-corrected chi connectivity index (χ3v) is 4.57. The highest BCUT2D eigenvalue weighted by atomic mass is 16.4. The molecule has 1 aliphatic rings. The van der Waals surface area contributed by atoms with Crippen molar-refractivity contribution in [3.05, 3.63) is 54.1 Å². The molecule has 1 aromatic carbocycles. The van der Waals surface area contributed by atoms with E-state index >= 15 is 0 Å². The second-order valence-corrected chi connectivity index (χ2v) is 6.60. The number of carbonyl (C=O) groups is 2. The molecule has 2 aromatic rings. The van der Waals surface area contributed by atoms with E-state index in [1.807, 2.05) is 0 Å². The van der Waals surface area contributed by atoms with Gasteiger partial charge in [-0.25, -0.2) is 4.79 Å². The fraction of sp³-hybridized carbons (Fsp3) is 0.368. The number of hydrogen-bond acceptors (Lipinski definition) is 5. The van der Waals surface area contributed by atoms with Crippen LogP contribution < -0.4 is 5.32 Å². The van der Waals surface area contributed by atoms with Crippen molar-refractivity contribution < 1.29 is 14.7 Å². The van der Waals surface area contributed by atoms with Gasteiger partial charge in [0.05, 0.1) is 5.69 Å². The molecule has 2 heterocycles. The van der Waals surface area contributed by atoms with Crippen molar-refractivity contribution in [3.8, 4) is 0 Å². The fourth-order valence-electron chi connectivity index (χ4n) is 3.22.